The Kier molecular flexibility index (Phi) is 4.41. The van der Waals surface area contributed by atoms with E-state index in [1.54, 1.807) is 13.0 Å². The van der Waals surface area contributed by atoms with Crippen LogP contribution < -0.4 is 4.74 Å². The SMILES string of the molecule is CC(O)c1cc2ccc3cc4ccccc4cc3c2c(OC(=O)O)c1C(C)O. The van der Waals surface area contributed by atoms with Crippen LogP contribution in [0.2, 0.25) is 0 Å². The second-order valence-electron chi connectivity index (χ2n) is 7.01. The molecule has 142 valence electrons. The summed E-state index contributed by atoms with van der Waals surface area (Å²) >= 11 is 0. The van der Waals surface area contributed by atoms with Crippen LogP contribution in [0, 0.1) is 0 Å². The number of hydrogen-bond donors (Lipinski definition) is 3. The zero-order chi connectivity index (χ0) is 20.0. The van der Waals surface area contributed by atoms with Crippen LogP contribution in [0.5, 0.6) is 5.75 Å². The lowest BCUT2D eigenvalue weighted by Crippen LogP contribution is -2.11. The minimum absolute atomic E-state index is 0.0665. The van der Waals surface area contributed by atoms with Gasteiger partial charge in [-0.3, -0.25) is 0 Å². The van der Waals surface area contributed by atoms with Gasteiger partial charge in [0.05, 0.1) is 12.2 Å². The lowest BCUT2D eigenvalue weighted by molar-refractivity contribution is 0.139. The van der Waals surface area contributed by atoms with Crippen LogP contribution in [0.3, 0.4) is 0 Å². The number of aliphatic hydroxyl groups excluding tert-OH is 2. The van der Waals surface area contributed by atoms with E-state index in [9.17, 15) is 20.1 Å². The summed E-state index contributed by atoms with van der Waals surface area (Å²) in [5, 5.41) is 35.1. The zero-order valence-electron chi connectivity index (χ0n) is 15.5. The first kappa shape index (κ1) is 18.2. The minimum Gasteiger partial charge on any atom is -0.449 e. The third-order valence-electron chi connectivity index (χ3n) is 5.07. The van der Waals surface area contributed by atoms with Crippen molar-refractivity contribution in [2.45, 2.75) is 26.1 Å². The molecule has 0 saturated carbocycles. The van der Waals surface area contributed by atoms with Crippen molar-refractivity contribution in [2.24, 2.45) is 0 Å². The van der Waals surface area contributed by atoms with Crippen LogP contribution in [0.15, 0.2) is 54.6 Å². The van der Waals surface area contributed by atoms with Crippen molar-refractivity contribution in [2.75, 3.05) is 0 Å². The van der Waals surface area contributed by atoms with E-state index in [2.05, 4.69) is 0 Å². The van der Waals surface area contributed by atoms with Gasteiger partial charge in [-0.2, -0.15) is 0 Å². The van der Waals surface area contributed by atoms with E-state index in [0.29, 0.717) is 10.9 Å². The number of carbonyl (C=O) groups is 1. The van der Waals surface area contributed by atoms with Crippen molar-refractivity contribution >= 4 is 38.5 Å². The summed E-state index contributed by atoms with van der Waals surface area (Å²) in [6, 6.07) is 17.6. The van der Waals surface area contributed by atoms with Gasteiger partial charge in [-0.25, -0.2) is 4.79 Å². The van der Waals surface area contributed by atoms with Gasteiger partial charge in [0.1, 0.15) is 5.75 Å². The van der Waals surface area contributed by atoms with Crippen molar-refractivity contribution in [3.8, 4) is 5.75 Å². The molecule has 5 nitrogen and oxygen atoms in total. The van der Waals surface area contributed by atoms with E-state index in [-0.39, 0.29) is 11.3 Å². The zero-order valence-corrected chi connectivity index (χ0v) is 15.5. The molecule has 2 unspecified atom stereocenters. The third-order valence-corrected chi connectivity index (χ3v) is 5.07. The van der Waals surface area contributed by atoms with Crippen LogP contribution in [0.1, 0.15) is 37.2 Å². The predicted octanol–water partition coefficient (Wildman–Crippen LogP) is 5.31. The van der Waals surface area contributed by atoms with Crippen molar-refractivity contribution in [1.82, 2.24) is 0 Å². The van der Waals surface area contributed by atoms with E-state index in [1.807, 2.05) is 48.5 Å². The monoisotopic (exact) mass is 376 g/mol. The van der Waals surface area contributed by atoms with Crippen LogP contribution in [0.4, 0.5) is 4.79 Å². The van der Waals surface area contributed by atoms with Gasteiger partial charge in [0, 0.05) is 10.9 Å². The molecule has 0 aliphatic carbocycles. The van der Waals surface area contributed by atoms with Crippen molar-refractivity contribution in [1.29, 1.82) is 0 Å². The highest BCUT2D eigenvalue weighted by Crippen LogP contribution is 2.43. The Morgan fingerprint density at radius 2 is 1.50 bits per heavy atom. The smallest absolute Gasteiger partial charge is 0.449 e. The quantitative estimate of drug-likeness (QED) is 0.195. The Hall–Kier alpha value is -3.15. The molecule has 4 aromatic carbocycles. The van der Waals surface area contributed by atoms with E-state index in [0.717, 1.165) is 26.9 Å². The Bertz CT molecular complexity index is 1220. The summed E-state index contributed by atoms with van der Waals surface area (Å²) in [6.07, 6.45) is -3.37. The molecule has 0 radical (unpaired) electrons. The lowest BCUT2D eigenvalue weighted by Gasteiger charge is -2.21. The van der Waals surface area contributed by atoms with Crippen LogP contribution >= 0.6 is 0 Å². The average molecular weight is 376 g/mol. The number of hydrogen-bond acceptors (Lipinski definition) is 4. The third kappa shape index (κ3) is 2.95. The molecule has 2 atom stereocenters. The van der Waals surface area contributed by atoms with Gasteiger partial charge in [-0.15, -0.1) is 0 Å². The number of fused-ring (bicyclic) bond motifs is 4. The normalized spacial score (nSPS) is 13.7. The molecule has 5 heteroatoms. The molecule has 4 aromatic rings. The van der Waals surface area contributed by atoms with Gasteiger partial charge in [0.2, 0.25) is 0 Å². The molecule has 0 fully saturated rings. The first-order chi connectivity index (χ1) is 13.4. The fourth-order valence-electron chi connectivity index (χ4n) is 3.89. The lowest BCUT2D eigenvalue weighted by atomic mass is 9.90. The molecule has 0 aliphatic rings. The second kappa shape index (κ2) is 6.78. The highest BCUT2D eigenvalue weighted by Gasteiger charge is 2.24. The fraction of sp³-hybridized carbons (Fsp3) is 0.174. The Morgan fingerprint density at radius 1 is 0.857 bits per heavy atom. The molecule has 0 saturated heterocycles. The summed E-state index contributed by atoms with van der Waals surface area (Å²) in [5.74, 6) is 0.0665. The van der Waals surface area contributed by atoms with Gasteiger partial charge in [-0.1, -0.05) is 36.4 Å². The van der Waals surface area contributed by atoms with E-state index in [4.69, 9.17) is 4.74 Å². The van der Waals surface area contributed by atoms with Gasteiger partial charge in [0.15, 0.2) is 0 Å². The van der Waals surface area contributed by atoms with Crippen LogP contribution in [-0.4, -0.2) is 21.5 Å². The van der Waals surface area contributed by atoms with Crippen LogP contribution in [0.25, 0.3) is 32.3 Å². The number of benzene rings is 4. The van der Waals surface area contributed by atoms with Crippen molar-refractivity contribution in [3.05, 3.63) is 65.7 Å². The van der Waals surface area contributed by atoms with E-state index < -0.39 is 18.4 Å². The molecule has 3 N–H and O–H groups in total. The summed E-state index contributed by atoms with van der Waals surface area (Å²) in [6.45, 7) is 3.11. The summed E-state index contributed by atoms with van der Waals surface area (Å²) in [7, 11) is 0. The summed E-state index contributed by atoms with van der Waals surface area (Å²) in [4.78, 5) is 11.5. The molecule has 0 bridgehead atoms. The summed E-state index contributed by atoms with van der Waals surface area (Å²) in [5.41, 5.74) is 0.726. The number of ether oxygens (including phenoxy) is 1. The fourth-order valence-corrected chi connectivity index (χ4v) is 3.89. The van der Waals surface area contributed by atoms with Gasteiger partial charge in [-0.05, 0) is 64.5 Å². The first-order valence-electron chi connectivity index (χ1n) is 9.05. The van der Waals surface area contributed by atoms with Crippen molar-refractivity contribution in [3.63, 3.8) is 0 Å². The van der Waals surface area contributed by atoms with E-state index in [1.165, 1.54) is 6.92 Å². The maximum Gasteiger partial charge on any atom is 0.511 e. The maximum absolute atomic E-state index is 11.5. The molecule has 28 heavy (non-hydrogen) atoms. The molecule has 0 heterocycles. The number of carboxylic acid groups (broad SMARTS) is 1. The highest BCUT2D eigenvalue weighted by molar-refractivity contribution is 6.15. The second-order valence-corrected chi connectivity index (χ2v) is 7.01. The standard InChI is InChI=1S/C23H20O5/c1-12(24)18-11-17-8-7-16-9-14-5-3-4-6-15(14)10-19(16)21(17)22(28-23(26)27)20(18)13(2)25/h3-13,24-25H,1-2H3,(H,26,27). The topological polar surface area (TPSA) is 87.0 Å². The Labute approximate surface area is 161 Å². The largest absolute Gasteiger partial charge is 0.511 e. The van der Waals surface area contributed by atoms with E-state index >= 15 is 0 Å². The Morgan fingerprint density at radius 3 is 2.11 bits per heavy atom. The number of rotatable bonds is 3. The highest BCUT2D eigenvalue weighted by atomic mass is 16.7. The average Bonchev–Trinajstić information content (AvgIpc) is 2.64. The molecule has 0 spiro atoms. The number of aliphatic hydroxyl groups is 2. The molecule has 0 aliphatic heterocycles. The predicted molar refractivity (Wildman–Crippen MR) is 109 cm³/mol. The molecular formula is C23H20O5. The van der Waals surface area contributed by atoms with Gasteiger partial charge in [0.25, 0.3) is 0 Å². The summed E-state index contributed by atoms with van der Waals surface area (Å²) < 4.78 is 5.18. The molecule has 0 aromatic heterocycles. The molecular weight excluding hydrogens is 356 g/mol. The Balaban J connectivity index is 2.22. The first-order valence-corrected chi connectivity index (χ1v) is 9.05. The van der Waals surface area contributed by atoms with Crippen LogP contribution in [-0.2, 0) is 0 Å². The molecule has 4 rings (SSSR count). The van der Waals surface area contributed by atoms with Crippen molar-refractivity contribution < 1.29 is 24.9 Å². The maximum atomic E-state index is 11.5. The molecule has 0 amide bonds. The van der Waals surface area contributed by atoms with Gasteiger partial charge < -0.3 is 20.1 Å². The van der Waals surface area contributed by atoms with Gasteiger partial charge >= 0.3 is 6.16 Å². The minimum atomic E-state index is -1.47.